The highest BCUT2D eigenvalue weighted by atomic mass is 16.5. The van der Waals surface area contributed by atoms with Crippen LogP contribution in [0.2, 0.25) is 0 Å². The predicted octanol–water partition coefficient (Wildman–Crippen LogP) is 4.44. The number of nitrogens with one attached hydrogen (secondary N) is 1. The van der Waals surface area contributed by atoms with Crippen LogP contribution in [-0.4, -0.2) is 51.4 Å². The van der Waals surface area contributed by atoms with E-state index in [0.29, 0.717) is 24.8 Å². The van der Waals surface area contributed by atoms with Crippen LogP contribution in [0.3, 0.4) is 0 Å². The molecule has 0 fully saturated rings. The zero-order valence-corrected chi connectivity index (χ0v) is 22.8. The van der Waals surface area contributed by atoms with Gasteiger partial charge in [0.05, 0.1) is 34.0 Å². The average molecular weight is 534 g/mol. The minimum absolute atomic E-state index is 0.0650. The number of aliphatic hydroxyl groups excluding tert-OH is 1. The highest BCUT2D eigenvalue weighted by molar-refractivity contribution is 5.86. The number of ether oxygens (including phenoxy) is 5. The molecule has 3 aliphatic rings. The molecule has 39 heavy (non-hydrogen) atoms. The average Bonchev–Trinajstić information content (AvgIpc) is 2.96. The standard InChI is InChI=1S/C31H35NO7/c1-5-32-15-39-23-13-22(35-2)18-8-9-20-27-16(6-7-19(23)28(18)27)10-24-29(20)30(33)21(14-38-24)17-11-25(36-3)31(34)26(12-17)37-4/h10-13,21,30,32-34H,5-9,14-15H2,1-4H3/t21-,30-/m0/s1. The summed E-state index contributed by atoms with van der Waals surface area (Å²) >= 11 is 0. The first-order chi connectivity index (χ1) is 19.0. The maximum absolute atomic E-state index is 11.9. The van der Waals surface area contributed by atoms with Gasteiger partial charge in [0.15, 0.2) is 11.5 Å². The second kappa shape index (κ2) is 10.2. The maximum atomic E-state index is 11.9. The lowest BCUT2D eigenvalue weighted by Gasteiger charge is -2.38. The molecular weight excluding hydrogens is 498 g/mol. The summed E-state index contributed by atoms with van der Waals surface area (Å²) in [6.07, 6.45) is 2.54. The Balaban J connectivity index is 1.48. The number of fused-ring (bicyclic) bond motifs is 2. The summed E-state index contributed by atoms with van der Waals surface area (Å²) in [5.74, 6) is 2.61. The molecule has 0 radical (unpaired) electrons. The van der Waals surface area contributed by atoms with E-state index in [4.69, 9.17) is 23.7 Å². The summed E-state index contributed by atoms with van der Waals surface area (Å²) in [5, 5.41) is 25.5. The van der Waals surface area contributed by atoms with Gasteiger partial charge < -0.3 is 33.9 Å². The molecule has 1 heterocycles. The van der Waals surface area contributed by atoms with Crippen molar-refractivity contribution >= 4 is 0 Å². The van der Waals surface area contributed by atoms with Gasteiger partial charge in [-0.25, -0.2) is 0 Å². The number of hydrogen-bond donors (Lipinski definition) is 3. The Kier molecular flexibility index (Phi) is 6.69. The van der Waals surface area contributed by atoms with Crippen LogP contribution in [0, 0.1) is 0 Å². The summed E-state index contributed by atoms with van der Waals surface area (Å²) < 4.78 is 29.1. The van der Waals surface area contributed by atoms with E-state index in [9.17, 15) is 10.2 Å². The molecule has 0 bridgehead atoms. The van der Waals surface area contributed by atoms with E-state index < -0.39 is 6.10 Å². The highest BCUT2D eigenvalue weighted by Crippen LogP contribution is 2.54. The Labute approximate surface area is 228 Å². The van der Waals surface area contributed by atoms with Crippen LogP contribution in [0.1, 0.15) is 52.3 Å². The van der Waals surface area contributed by atoms with Crippen LogP contribution in [0.4, 0.5) is 0 Å². The van der Waals surface area contributed by atoms with Gasteiger partial charge in [-0.1, -0.05) is 6.92 Å². The van der Waals surface area contributed by atoms with E-state index in [1.165, 1.54) is 42.0 Å². The van der Waals surface area contributed by atoms with Gasteiger partial charge in [-0.2, -0.15) is 0 Å². The summed E-state index contributed by atoms with van der Waals surface area (Å²) in [5.41, 5.74) is 8.77. The summed E-state index contributed by atoms with van der Waals surface area (Å²) in [6, 6.07) is 7.63. The topological polar surface area (TPSA) is 98.6 Å². The molecule has 6 rings (SSSR count). The third-order valence-corrected chi connectivity index (χ3v) is 8.32. The molecule has 0 saturated heterocycles. The normalized spacial score (nSPS) is 18.5. The maximum Gasteiger partial charge on any atom is 0.200 e. The second-order valence-corrected chi connectivity index (χ2v) is 10.2. The van der Waals surface area contributed by atoms with Crippen LogP contribution in [0.15, 0.2) is 24.3 Å². The van der Waals surface area contributed by atoms with Crippen molar-refractivity contribution in [3.63, 3.8) is 0 Å². The SMILES string of the molecule is CCNCOc1cc(OC)c2c3c1CCc1cc4c(c(c1-3)CC2)[C@@H](O)[C@H](c1cc(OC)c(O)c(OC)c1)CO4. The molecule has 0 saturated carbocycles. The van der Waals surface area contributed by atoms with Crippen LogP contribution in [0.5, 0.6) is 34.5 Å². The van der Waals surface area contributed by atoms with Gasteiger partial charge in [0.25, 0.3) is 0 Å². The molecule has 2 atom stereocenters. The Morgan fingerprint density at radius 3 is 2.21 bits per heavy atom. The molecule has 8 heteroatoms. The number of phenolic OH excluding ortho intramolecular Hbond substituents is 1. The molecule has 0 aromatic heterocycles. The van der Waals surface area contributed by atoms with Gasteiger partial charge >= 0.3 is 0 Å². The lowest BCUT2D eigenvalue weighted by atomic mass is 9.71. The minimum atomic E-state index is -0.796. The van der Waals surface area contributed by atoms with Gasteiger partial charge in [0, 0.05) is 28.7 Å². The fourth-order valence-corrected chi connectivity index (χ4v) is 6.45. The fraction of sp³-hybridized carbons (Fsp3) is 0.419. The molecule has 0 spiro atoms. The smallest absolute Gasteiger partial charge is 0.200 e. The first-order valence-electron chi connectivity index (χ1n) is 13.5. The Bertz CT molecular complexity index is 1410. The quantitative estimate of drug-likeness (QED) is 0.289. The van der Waals surface area contributed by atoms with Crippen LogP contribution < -0.4 is 29.0 Å². The number of phenols is 1. The Morgan fingerprint density at radius 1 is 0.846 bits per heavy atom. The lowest BCUT2D eigenvalue weighted by Crippen LogP contribution is -2.28. The van der Waals surface area contributed by atoms with Crippen molar-refractivity contribution in [3.8, 4) is 45.6 Å². The van der Waals surface area contributed by atoms with Gasteiger partial charge in [0.1, 0.15) is 24.0 Å². The van der Waals surface area contributed by atoms with Crippen LogP contribution in [0.25, 0.3) is 11.1 Å². The van der Waals surface area contributed by atoms with E-state index in [2.05, 4.69) is 18.3 Å². The van der Waals surface area contributed by atoms with Crippen molar-refractivity contribution < 1.29 is 33.9 Å². The van der Waals surface area contributed by atoms with Gasteiger partial charge in [-0.15, -0.1) is 0 Å². The van der Waals surface area contributed by atoms with Crippen molar-refractivity contribution in [2.45, 2.75) is 44.6 Å². The van der Waals surface area contributed by atoms with E-state index in [1.54, 1.807) is 19.2 Å². The lowest BCUT2D eigenvalue weighted by molar-refractivity contribution is 0.0877. The molecule has 0 unspecified atom stereocenters. The number of aryl methyl sites for hydroxylation is 1. The third-order valence-electron chi connectivity index (χ3n) is 8.32. The number of methoxy groups -OCH3 is 3. The summed E-state index contributed by atoms with van der Waals surface area (Å²) in [4.78, 5) is 0. The zero-order valence-electron chi connectivity index (χ0n) is 22.8. The van der Waals surface area contributed by atoms with Gasteiger partial charge in [-0.3, -0.25) is 5.32 Å². The van der Waals surface area contributed by atoms with E-state index in [0.717, 1.165) is 66.2 Å². The molecule has 2 aliphatic carbocycles. The third kappa shape index (κ3) is 4.05. The van der Waals surface area contributed by atoms with E-state index in [-0.39, 0.29) is 11.7 Å². The Hall–Kier alpha value is -3.62. The summed E-state index contributed by atoms with van der Waals surface area (Å²) in [6.45, 7) is 3.62. The molecule has 3 aromatic carbocycles. The van der Waals surface area contributed by atoms with Crippen LogP contribution in [-0.2, 0) is 25.7 Å². The second-order valence-electron chi connectivity index (χ2n) is 10.2. The van der Waals surface area contributed by atoms with Crippen molar-refractivity contribution in [2.75, 3.05) is 41.2 Å². The largest absolute Gasteiger partial charge is 0.502 e. The summed E-state index contributed by atoms with van der Waals surface area (Å²) in [7, 11) is 4.70. The zero-order chi connectivity index (χ0) is 27.3. The number of benzene rings is 3. The van der Waals surface area contributed by atoms with Crippen molar-refractivity contribution in [1.29, 1.82) is 0 Å². The van der Waals surface area contributed by atoms with Crippen LogP contribution >= 0.6 is 0 Å². The van der Waals surface area contributed by atoms with E-state index in [1.807, 2.05) is 6.07 Å². The number of hydrogen-bond acceptors (Lipinski definition) is 8. The number of aromatic hydroxyl groups is 1. The predicted molar refractivity (Wildman–Crippen MR) is 147 cm³/mol. The molecule has 0 amide bonds. The molecule has 3 aromatic rings. The highest BCUT2D eigenvalue weighted by Gasteiger charge is 2.39. The Morgan fingerprint density at radius 2 is 1.51 bits per heavy atom. The van der Waals surface area contributed by atoms with Crippen molar-refractivity contribution in [2.24, 2.45) is 0 Å². The first kappa shape index (κ1) is 25.6. The first-order valence-corrected chi connectivity index (χ1v) is 13.5. The number of rotatable bonds is 8. The molecule has 3 N–H and O–H groups in total. The molecule has 8 nitrogen and oxygen atoms in total. The van der Waals surface area contributed by atoms with E-state index >= 15 is 0 Å². The minimum Gasteiger partial charge on any atom is -0.502 e. The molecule has 1 aliphatic heterocycles. The number of aliphatic hydroxyl groups is 1. The van der Waals surface area contributed by atoms with Gasteiger partial charge in [0.2, 0.25) is 5.75 Å². The fourth-order valence-electron chi connectivity index (χ4n) is 6.45. The molecular formula is C31H35NO7. The van der Waals surface area contributed by atoms with Crippen molar-refractivity contribution in [3.05, 3.63) is 57.6 Å². The van der Waals surface area contributed by atoms with Gasteiger partial charge in [-0.05, 0) is 78.2 Å². The van der Waals surface area contributed by atoms with Crippen molar-refractivity contribution in [1.82, 2.24) is 5.32 Å². The monoisotopic (exact) mass is 533 g/mol. The molecule has 206 valence electrons.